The minimum absolute atomic E-state index is 0.0504. The molecule has 106 valence electrons. The monoisotopic (exact) mass is 298 g/mol. The number of imide groups is 1. The van der Waals surface area contributed by atoms with Crippen molar-refractivity contribution in [3.63, 3.8) is 0 Å². The number of nitrogens with zero attached hydrogens (tertiary/aromatic N) is 1. The van der Waals surface area contributed by atoms with Gasteiger partial charge in [0.25, 0.3) is 11.8 Å². The Morgan fingerprint density at radius 3 is 2.35 bits per heavy atom. The molecule has 1 aromatic rings. The second kappa shape index (κ2) is 4.69. The number of rotatable bonds is 4. The molecule has 0 saturated carbocycles. The van der Waals surface area contributed by atoms with Crippen LogP contribution in [0.4, 0.5) is 0 Å². The van der Waals surface area contributed by atoms with Gasteiger partial charge >= 0.3 is 5.97 Å². The summed E-state index contributed by atoms with van der Waals surface area (Å²) in [6.07, 6.45) is 0. The van der Waals surface area contributed by atoms with Gasteiger partial charge < -0.3 is 5.11 Å². The summed E-state index contributed by atoms with van der Waals surface area (Å²) in [5, 5.41) is 13.7. The van der Waals surface area contributed by atoms with Gasteiger partial charge in [-0.15, -0.1) is 0 Å². The standard InChI is InChI=1S/C11H10N2O6S/c12-20(18,19)4-3-13-9(14)7-2-1-6(11(16)17)5-8(7)10(13)15/h1-2,5H,3-4H2,(H,16,17)(H2,12,18,19). The Balaban J connectivity index is 2.33. The minimum Gasteiger partial charge on any atom is -0.478 e. The van der Waals surface area contributed by atoms with E-state index < -0.39 is 33.6 Å². The Morgan fingerprint density at radius 2 is 1.80 bits per heavy atom. The molecule has 1 aromatic carbocycles. The molecule has 1 aliphatic heterocycles. The number of hydrogen-bond acceptors (Lipinski definition) is 5. The Kier molecular flexibility index (Phi) is 3.32. The molecule has 2 rings (SSSR count). The lowest BCUT2D eigenvalue weighted by molar-refractivity contribution is 0.0661. The molecule has 0 bridgehead atoms. The van der Waals surface area contributed by atoms with Crippen LogP contribution in [0.25, 0.3) is 0 Å². The first kappa shape index (κ1) is 14.2. The van der Waals surface area contributed by atoms with Crippen LogP contribution in [-0.4, -0.2) is 48.5 Å². The summed E-state index contributed by atoms with van der Waals surface area (Å²) in [6, 6.07) is 3.53. The summed E-state index contributed by atoms with van der Waals surface area (Å²) in [6.45, 7) is -0.367. The number of hydrogen-bond donors (Lipinski definition) is 2. The molecule has 1 heterocycles. The zero-order valence-corrected chi connectivity index (χ0v) is 10.9. The van der Waals surface area contributed by atoms with Gasteiger partial charge in [-0.1, -0.05) is 0 Å². The molecule has 0 aliphatic carbocycles. The van der Waals surface area contributed by atoms with Crippen LogP contribution in [0.5, 0.6) is 0 Å². The molecule has 2 amide bonds. The largest absolute Gasteiger partial charge is 0.478 e. The van der Waals surface area contributed by atoms with Crippen LogP contribution in [-0.2, 0) is 10.0 Å². The number of benzene rings is 1. The summed E-state index contributed by atoms with van der Waals surface area (Å²) in [5.74, 6) is -3.16. The molecule has 0 radical (unpaired) electrons. The normalized spacial score (nSPS) is 14.6. The van der Waals surface area contributed by atoms with E-state index in [9.17, 15) is 22.8 Å². The number of sulfonamides is 1. The number of aromatic carboxylic acids is 1. The molecule has 1 aliphatic rings. The van der Waals surface area contributed by atoms with Gasteiger partial charge in [0, 0.05) is 6.54 Å². The molecule has 3 N–H and O–H groups in total. The SMILES string of the molecule is NS(=O)(=O)CCN1C(=O)c2ccc(C(=O)O)cc2C1=O. The van der Waals surface area contributed by atoms with E-state index >= 15 is 0 Å². The molecule has 0 fully saturated rings. The summed E-state index contributed by atoms with van der Waals surface area (Å²) >= 11 is 0. The third kappa shape index (κ3) is 2.53. The van der Waals surface area contributed by atoms with Crippen molar-refractivity contribution in [1.29, 1.82) is 0 Å². The van der Waals surface area contributed by atoms with Crippen molar-refractivity contribution in [3.05, 3.63) is 34.9 Å². The highest BCUT2D eigenvalue weighted by Gasteiger charge is 2.36. The smallest absolute Gasteiger partial charge is 0.335 e. The Labute approximate surface area is 113 Å². The van der Waals surface area contributed by atoms with Gasteiger partial charge in [-0.3, -0.25) is 14.5 Å². The molecule has 9 heteroatoms. The number of amides is 2. The van der Waals surface area contributed by atoms with Crippen LogP contribution >= 0.6 is 0 Å². The maximum atomic E-state index is 12.0. The van der Waals surface area contributed by atoms with Gasteiger partial charge in [-0.05, 0) is 18.2 Å². The molecular formula is C11H10N2O6S. The summed E-state index contributed by atoms with van der Waals surface area (Å²) in [5.41, 5.74) is -0.128. The van der Waals surface area contributed by atoms with E-state index in [1.165, 1.54) is 12.1 Å². The fourth-order valence-electron chi connectivity index (χ4n) is 1.85. The fraction of sp³-hybridized carbons (Fsp3) is 0.182. The topological polar surface area (TPSA) is 135 Å². The number of carbonyl (C=O) groups excluding carboxylic acids is 2. The summed E-state index contributed by atoms with van der Waals surface area (Å²) in [7, 11) is -3.81. The second-order valence-electron chi connectivity index (χ2n) is 4.19. The molecule has 8 nitrogen and oxygen atoms in total. The van der Waals surface area contributed by atoms with Crippen LogP contribution in [0.15, 0.2) is 18.2 Å². The fourth-order valence-corrected chi connectivity index (χ4v) is 2.28. The van der Waals surface area contributed by atoms with Gasteiger partial charge in [-0.2, -0.15) is 0 Å². The number of nitrogens with two attached hydrogens (primary N) is 1. The van der Waals surface area contributed by atoms with Crippen LogP contribution in [0.3, 0.4) is 0 Å². The number of carboxylic acid groups (broad SMARTS) is 1. The Hall–Kier alpha value is -2.26. The number of carboxylic acids is 1. The zero-order valence-electron chi connectivity index (χ0n) is 10.1. The zero-order chi connectivity index (χ0) is 15.1. The predicted octanol–water partition coefficient (Wildman–Crippen LogP) is -0.731. The van der Waals surface area contributed by atoms with E-state index in [2.05, 4.69) is 0 Å². The van der Waals surface area contributed by atoms with Gasteiger partial charge in [0.15, 0.2) is 0 Å². The number of carbonyl (C=O) groups is 3. The van der Waals surface area contributed by atoms with Crippen molar-refractivity contribution < 1.29 is 27.9 Å². The molecule has 0 spiro atoms. The lowest BCUT2D eigenvalue weighted by Gasteiger charge is -2.12. The van der Waals surface area contributed by atoms with Crippen molar-refractivity contribution in [1.82, 2.24) is 4.90 Å². The number of fused-ring (bicyclic) bond motifs is 1. The maximum Gasteiger partial charge on any atom is 0.335 e. The van der Waals surface area contributed by atoms with Crippen molar-refractivity contribution in [3.8, 4) is 0 Å². The van der Waals surface area contributed by atoms with E-state index in [0.29, 0.717) is 0 Å². The first-order valence-electron chi connectivity index (χ1n) is 5.45. The third-order valence-corrected chi connectivity index (χ3v) is 3.57. The lowest BCUT2D eigenvalue weighted by atomic mass is 10.1. The Morgan fingerprint density at radius 1 is 1.20 bits per heavy atom. The van der Waals surface area contributed by atoms with Crippen LogP contribution in [0.1, 0.15) is 31.1 Å². The predicted molar refractivity (Wildman–Crippen MR) is 66.7 cm³/mol. The quantitative estimate of drug-likeness (QED) is 0.703. The van der Waals surface area contributed by atoms with Crippen molar-refractivity contribution >= 4 is 27.8 Å². The van der Waals surface area contributed by atoms with Crippen LogP contribution in [0.2, 0.25) is 0 Å². The molecule has 20 heavy (non-hydrogen) atoms. The van der Waals surface area contributed by atoms with Crippen LogP contribution in [0, 0.1) is 0 Å². The molecular weight excluding hydrogens is 288 g/mol. The van der Waals surface area contributed by atoms with Crippen LogP contribution < -0.4 is 5.14 Å². The number of primary sulfonamides is 1. The van der Waals surface area contributed by atoms with Gasteiger partial charge in [0.2, 0.25) is 10.0 Å². The molecule has 0 atom stereocenters. The van der Waals surface area contributed by atoms with E-state index in [-0.39, 0.29) is 23.2 Å². The van der Waals surface area contributed by atoms with Gasteiger partial charge in [0.05, 0.1) is 22.4 Å². The van der Waals surface area contributed by atoms with E-state index in [4.69, 9.17) is 10.2 Å². The Bertz CT molecular complexity index is 724. The van der Waals surface area contributed by atoms with Gasteiger partial charge in [-0.25, -0.2) is 18.4 Å². The van der Waals surface area contributed by atoms with Crippen molar-refractivity contribution in [2.24, 2.45) is 5.14 Å². The van der Waals surface area contributed by atoms with E-state index in [1.54, 1.807) is 0 Å². The first-order chi connectivity index (χ1) is 9.20. The average molecular weight is 298 g/mol. The van der Waals surface area contributed by atoms with Gasteiger partial charge in [0.1, 0.15) is 0 Å². The first-order valence-corrected chi connectivity index (χ1v) is 7.16. The molecule has 0 aromatic heterocycles. The second-order valence-corrected chi connectivity index (χ2v) is 5.93. The average Bonchev–Trinajstić information content (AvgIpc) is 2.58. The minimum atomic E-state index is -3.81. The molecule has 0 unspecified atom stereocenters. The highest BCUT2D eigenvalue weighted by Crippen LogP contribution is 2.23. The lowest BCUT2D eigenvalue weighted by Crippen LogP contribution is -2.35. The maximum absolute atomic E-state index is 12.0. The summed E-state index contributed by atoms with van der Waals surface area (Å²) < 4.78 is 21.7. The van der Waals surface area contributed by atoms with Crippen molar-refractivity contribution in [2.45, 2.75) is 0 Å². The highest BCUT2D eigenvalue weighted by atomic mass is 32.2. The van der Waals surface area contributed by atoms with E-state index in [1.807, 2.05) is 0 Å². The molecule has 0 saturated heterocycles. The third-order valence-electron chi connectivity index (χ3n) is 2.82. The van der Waals surface area contributed by atoms with E-state index in [0.717, 1.165) is 11.0 Å². The van der Waals surface area contributed by atoms with Crippen molar-refractivity contribution in [2.75, 3.05) is 12.3 Å². The summed E-state index contributed by atoms with van der Waals surface area (Å²) in [4.78, 5) is 35.5. The highest BCUT2D eigenvalue weighted by molar-refractivity contribution is 7.89.